The van der Waals surface area contributed by atoms with Gasteiger partial charge in [0.1, 0.15) is 5.82 Å². The van der Waals surface area contributed by atoms with Crippen LogP contribution in [0.25, 0.3) is 5.95 Å². The van der Waals surface area contributed by atoms with Gasteiger partial charge in [0.2, 0.25) is 5.91 Å². The van der Waals surface area contributed by atoms with Crippen molar-refractivity contribution in [2.45, 2.75) is 33.1 Å². The molecule has 1 atom stereocenters. The third kappa shape index (κ3) is 3.07. The zero-order valence-corrected chi connectivity index (χ0v) is 16.4. The summed E-state index contributed by atoms with van der Waals surface area (Å²) in [6.07, 6.45) is 0.0390. The average molecular weight is 396 g/mol. The molecule has 0 saturated carbocycles. The minimum absolute atomic E-state index is 0.0390. The number of amides is 1. The molecule has 1 aliphatic heterocycles. The summed E-state index contributed by atoms with van der Waals surface area (Å²) in [5.41, 5.74) is 3.28. The molecule has 2 aromatic heterocycles. The molecule has 3 heterocycles. The lowest BCUT2D eigenvalue weighted by Crippen LogP contribution is -2.29. The number of ketones is 1. The van der Waals surface area contributed by atoms with Gasteiger partial charge in [0.15, 0.2) is 5.78 Å². The van der Waals surface area contributed by atoms with Crippen molar-refractivity contribution in [3.05, 3.63) is 63.6 Å². The van der Waals surface area contributed by atoms with Crippen LogP contribution >= 0.6 is 11.6 Å². The summed E-state index contributed by atoms with van der Waals surface area (Å²) < 4.78 is 1.49. The normalized spacial score (nSPS) is 15.9. The van der Waals surface area contributed by atoms with Gasteiger partial charge in [-0.3, -0.25) is 9.59 Å². The third-order valence-electron chi connectivity index (χ3n) is 4.72. The van der Waals surface area contributed by atoms with Gasteiger partial charge in [0.25, 0.3) is 5.95 Å². The van der Waals surface area contributed by atoms with Crippen molar-refractivity contribution < 1.29 is 9.59 Å². The van der Waals surface area contributed by atoms with Gasteiger partial charge in [-0.25, -0.2) is 9.97 Å². The second-order valence-electron chi connectivity index (χ2n) is 6.86. The first-order valence-corrected chi connectivity index (χ1v) is 9.23. The minimum Gasteiger partial charge on any atom is -0.310 e. The maximum atomic E-state index is 13.2. The molecule has 1 amide bonds. The summed E-state index contributed by atoms with van der Waals surface area (Å²) in [7, 11) is 0. The van der Waals surface area contributed by atoms with Crippen molar-refractivity contribution in [2.75, 3.05) is 5.32 Å². The van der Waals surface area contributed by atoms with Gasteiger partial charge in [-0.05, 0) is 39.0 Å². The Bertz CT molecular complexity index is 1100. The maximum Gasteiger partial charge on any atom is 0.252 e. The second-order valence-corrected chi connectivity index (χ2v) is 7.27. The number of carbonyl (C=O) groups is 2. The van der Waals surface area contributed by atoms with Crippen LogP contribution in [-0.2, 0) is 4.79 Å². The van der Waals surface area contributed by atoms with Gasteiger partial charge in [0.05, 0.1) is 16.6 Å². The highest BCUT2D eigenvalue weighted by atomic mass is 35.5. The number of nitrogens with zero attached hydrogens (tertiary/aromatic N) is 4. The van der Waals surface area contributed by atoms with Crippen LogP contribution in [-0.4, -0.2) is 31.4 Å². The van der Waals surface area contributed by atoms with Gasteiger partial charge in [-0.2, -0.15) is 9.78 Å². The van der Waals surface area contributed by atoms with E-state index in [9.17, 15) is 9.59 Å². The molecule has 1 unspecified atom stereocenters. The van der Waals surface area contributed by atoms with Gasteiger partial charge in [0, 0.05) is 28.9 Å². The van der Waals surface area contributed by atoms with E-state index in [4.69, 9.17) is 11.6 Å². The fraction of sp³-hybridized carbons (Fsp3) is 0.250. The number of fused-ring (bicyclic) bond motifs is 1. The Kier molecular flexibility index (Phi) is 4.47. The van der Waals surface area contributed by atoms with E-state index in [1.165, 1.54) is 4.68 Å². The number of carbonyl (C=O) groups excluding carboxylic acids is 2. The van der Waals surface area contributed by atoms with Crippen LogP contribution < -0.4 is 5.32 Å². The number of aromatic nitrogens is 4. The fourth-order valence-corrected chi connectivity index (χ4v) is 3.80. The van der Waals surface area contributed by atoms with Gasteiger partial charge < -0.3 is 5.32 Å². The van der Waals surface area contributed by atoms with Crippen molar-refractivity contribution >= 4 is 29.1 Å². The molecule has 7 nitrogen and oxygen atoms in total. The van der Waals surface area contributed by atoms with E-state index in [0.717, 1.165) is 11.4 Å². The van der Waals surface area contributed by atoms with Crippen LogP contribution in [0.3, 0.4) is 0 Å². The zero-order valence-electron chi connectivity index (χ0n) is 15.7. The van der Waals surface area contributed by atoms with E-state index in [1.54, 1.807) is 24.3 Å². The molecule has 0 saturated heterocycles. The van der Waals surface area contributed by atoms with E-state index in [0.29, 0.717) is 33.6 Å². The van der Waals surface area contributed by atoms with Crippen molar-refractivity contribution in [2.24, 2.45) is 0 Å². The number of hydrogen-bond donors (Lipinski definition) is 1. The average Bonchev–Trinajstić information content (AvgIpc) is 2.96. The smallest absolute Gasteiger partial charge is 0.252 e. The van der Waals surface area contributed by atoms with Crippen molar-refractivity contribution in [3.8, 4) is 5.95 Å². The molecule has 8 heteroatoms. The molecular weight excluding hydrogens is 378 g/mol. The molecule has 0 aliphatic carbocycles. The lowest BCUT2D eigenvalue weighted by atomic mass is 9.85. The number of benzene rings is 1. The van der Waals surface area contributed by atoms with E-state index in [1.807, 2.05) is 26.8 Å². The first kappa shape index (κ1) is 18.3. The molecule has 4 rings (SSSR count). The first-order valence-electron chi connectivity index (χ1n) is 8.86. The molecule has 0 spiro atoms. The summed E-state index contributed by atoms with van der Waals surface area (Å²) in [6.45, 7) is 5.54. The Morgan fingerprint density at radius 1 is 1.18 bits per heavy atom. The van der Waals surface area contributed by atoms with E-state index < -0.39 is 5.92 Å². The Morgan fingerprint density at radius 3 is 2.54 bits per heavy atom. The topological polar surface area (TPSA) is 89.8 Å². The Balaban J connectivity index is 1.86. The number of nitrogens with one attached hydrogen (secondary N) is 1. The van der Waals surface area contributed by atoms with Crippen LogP contribution in [0.2, 0.25) is 5.02 Å². The van der Waals surface area contributed by atoms with E-state index in [-0.39, 0.29) is 18.1 Å². The zero-order chi connectivity index (χ0) is 20.0. The fourth-order valence-electron chi connectivity index (χ4n) is 3.57. The molecule has 3 aromatic rings. The number of aryl methyl sites for hydroxylation is 3. The number of hydrogen-bond acceptors (Lipinski definition) is 5. The molecular formula is C20H18ClN5O2. The summed E-state index contributed by atoms with van der Waals surface area (Å²) in [5.74, 6) is -0.338. The molecule has 0 bridgehead atoms. The highest BCUT2D eigenvalue weighted by molar-refractivity contribution is 6.34. The van der Waals surface area contributed by atoms with Crippen molar-refractivity contribution in [3.63, 3.8) is 0 Å². The molecule has 1 aliphatic rings. The maximum absolute atomic E-state index is 13.2. The number of rotatable bonds is 3. The standard InChI is InChI=1S/C20H18ClN5O2/c1-10-8-11(2)23-20(22-10)26-19-17(12(3)25-26)14(9-16(27)24-19)18(28)13-6-4-5-7-15(13)21/h4-8,14H,9H2,1-3H3,(H,24,27). The van der Waals surface area contributed by atoms with Crippen LogP contribution in [0.15, 0.2) is 30.3 Å². The highest BCUT2D eigenvalue weighted by Crippen LogP contribution is 2.38. The molecule has 1 N–H and O–H groups in total. The number of halogens is 1. The predicted molar refractivity (Wildman–Crippen MR) is 105 cm³/mol. The molecule has 0 fully saturated rings. The SMILES string of the molecule is Cc1cc(C)nc(-n2nc(C)c3c2NC(=O)CC3C(=O)c2ccccc2Cl)n1. The number of anilines is 1. The van der Waals surface area contributed by atoms with Crippen LogP contribution in [0.1, 0.15) is 45.3 Å². The minimum atomic E-state index is -0.664. The van der Waals surface area contributed by atoms with E-state index >= 15 is 0 Å². The molecule has 0 radical (unpaired) electrons. The molecule has 142 valence electrons. The summed E-state index contributed by atoms with van der Waals surface area (Å²) >= 11 is 6.22. The monoisotopic (exact) mass is 395 g/mol. The lowest BCUT2D eigenvalue weighted by Gasteiger charge is -2.23. The predicted octanol–water partition coefficient (Wildman–Crippen LogP) is 3.55. The van der Waals surface area contributed by atoms with Crippen LogP contribution in [0.5, 0.6) is 0 Å². The van der Waals surface area contributed by atoms with Crippen molar-refractivity contribution in [1.29, 1.82) is 0 Å². The Hall–Kier alpha value is -3.06. The van der Waals surface area contributed by atoms with Gasteiger partial charge in [-0.15, -0.1) is 0 Å². The molecule has 1 aromatic carbocycles. The van der Waals surface area contributed by atoms with Crippen molar-refractivity contribution in [1.82, 2.24) is 19.7 Å². The Labute approximate surface area is 166 Å². The van der Waals surface area contributed by atoms with Crippen LogP contribution in [0.4, 0.5) is 5.82 Å². The second kappa shape index (κ2) is 6.83. The third-order valence-corrected chi connectivity index (χ3v) is 5.05. The lowest BCUT2D eigenvalue weighted by molar-refractivity contribution is -0.116. The Morgan fingerprint density at radius 2 is 1.86 bits per heavy atom. The first-order chi connectivity index (χ1) is 13.3. The van der Waals surface area contributed by atoms with Crippen LogP contribution in [0, 0.1) is 20.8 Å². The summed E-state index contributed by atoms with van der Waals surface area (Å²) in [4.78, 5) is 34.5. The van der Waals surface area contributed by atoms with Gasteiger partial charge in [-0.1, -0.05) is 23.7 Å². The summed E-state index contributed by atoms with van der Waals surface area (Å²) in [6, 6.07) is 8.71. The largest absolute Gasteiger partial charge is 0.310 e. The number of Topliss-reactive ketones (excluding diaryl/α,β-unsaturated/α-hetero) is 1. The summed E-state index contributed by atoms with van der Waals surface area (Å²) in [5, 5.41) is 7.72. The van der Waals surface area contributed by atoms with E-state index in [2.05, 4.69) is 20.4 Å². The van der Waals surface area contributed by atoms with Gasteiger partial charge >= 0.3 is 0 Å². The molecule has 28 heavy (non-hydrogen) atoms. The quantitative estimate of drug-likeness (QED) is 0.685. The highest BCUT2D eigenvalue weighted by Gasteiger charge is 2.37.